The molecule has 4 atom stereocenters. The Balaban J connectivity index is 1.74. The summed E-state index contributed by atoms with van der Waals surface area (Å²) in [6.07, 6.45) is 7.13. The third-order valence-corrected chi connectivity index (χ3v) is 8.44. The Labute approximate surface area is 196 Å². The van der Waals surface area contributed by atoms with Gasteiger partial charge in [0.15, 0.2) is 0 Å². The molecule has 2 aliphatic rings. The van der Waals surface area contributed by atoms with Gasteiger partial charge in [0.1, 0.15) is 0 Å². The average molecular weight is 480 g/mol. The van der Waals surface area contributed by atoms with Crippen LogP contribution in [0, 0.1) is 6.92 Å². The molecule has 2 fully saturated rings. The molecule has 184 valence electrons. The fraction of sp³-hybridized carbons (Fsp3) is 0.652. The van der Waals surface area contributed by atoms with Crippen molar-refractivity contribution in [3.63, 3.8) is 0 Å². The first kappa shape index (κ1) is 25.6. The minimum atomic E-state index is -4.07. The highest BCUT2D eigenvalue weighted by molar-refractivity contribution is 7.89. The molecule has 2 aliphatic carbocycles. The van der Waals surface area contributed by atoms with Gasteiger partial charge in [-0.2, -0.15) is 4.31 Å². The smallest absolute Gasteiger partial charge is 0.244 e. The molecule has 0 radical (unpaired) electrons. The van der Waals surface area contributed by atoms with Crippen LogP contribution < -0.4 is 22.1 Å². The van der Waals surface area contributed by atoms with E-state index in [4.69, 9.17) is 11.5 Å². The molecular weight excluding hydrogens is 442 g/mol. The number of hydrogen-bond acceptors (Lipinski definition) is 6. The Morgan fingerprint density at radius 3 is 1.70 bits per heavy atom. The monoisotopic (exact) mass is 479 g/mol. The standard InChI is InChI=1S/C23H37N5O4S/c1-16-10-12-17(13-11-16)33(31,32)28(14-22(29)26-20-8-4-2-6-18(20)24)15-23(30)27-21-9-5-3-7-19(21)25/h10-13,18-21H,2-9,14-15,24-25H2,1H3,(H,26,29)(H,27,30). The van der Waals surface area contributed by atoms with E-state index in [9.17, 15) is 18.0 Å². The lowest BCUT2D eigenvalue weighted by Gasteiger charge is -2.31. The minimum absolute atomic E-state index is 0.0393. The first-order chi connectivity index (χ1) is 15.7. The van der Waals surface area contributed by atoms with E-state index in [2.05, 4.69) is 10.6 Å². The van der Waals surface area contributed by atoms with Crippen molar-refractivity contribution in [3.8, 4) is 0 Å². The van der Waals surface area contributed by atoms with E-state index in [1.165, 1.54) is 12.1 Å². The molecule has 0 spiro atoms. The number of nitrogens with one attached hydrogen (secondary N) is 2. The summed E-state index contributed by atoms with van der Waals surface area (Å²) in [5, 5.41) is 5.74. The summed E-state index contributed by atoms with van der Waals surface area (Å²) in [5.74, 6) is -0.926. The number of rotatable bonds is 8. The number of aryl methyl sites for hydroxylation is 1. The number of nitrogens with two attached hydrogens (primary N) is 2. The van der Waals surface area contributed by atoms with Crippen LogP contribution in [-0.2, 0) is 19.6 Å². The highest BCUT2D eigenvalue weighted by atomic mass is 32.2. The highest BCUT2D eigenvalue weighted by Gasteiger charge is 2.32. The summed E-state index contributed by atoms with van der Waals surface area (Å²) in [6, 6.07) is 5.67. The summed E-state index contributed by atoms with van der Waals surface area (Å²) in [5.41, 5.74) is 13.2. The molecule has 0 aromatic heterocycles. The highest BCUT2D eigenvalue weighted by Crippen LogP contribution is 2.20. The molecule has 1 aromatic carbocycles. The van der Waals surface area contributed by atoms with Gasteiger partial charge in [-0.05, 0) is 44.7 Å². The van der Waals surface area contributed by atoms with Crippen LogP contribution in [0.15, 0.2) is 29.2 Å². The second-order valence-electron chi connectivity index (χ2n) is 9.33. The predicted molar refractivity (Wildman–Crippen MR) is 127 cm³/mol. The topological polar surface area (TPSA) is 148 Å². The van der Waals surface area contributed by atoms with Crippen LogP contribution >= 0.6 is 0 Å². The SMILES string of the molecule is Cc1ccc(S(=O)(=O)N(CC(=O)NC2CCCCC2N)CC(=O)NC2CCCCC2N)cc1. The largest absolute Gasteiger partial charge is 0.351 e. The maximum absolute atomic E-state index is 13.3. The van der Waals surface area contributed by atoms with Gasteiger partial charge >= 0.3 is 0 Å². The zero-order chi connectivity index (χ0) is 24.0. The van der Waals surface area contributed by atoms with E-state index in [1.807, 2.05) is 6.92 Å². The summed E-state index contributed by atoms with van der Waals surface area (Å²) >= 11 is 0. The average Bonchev–Trinajstić information content (AvgIpc) is 2.77. The number of benzene rings is 1. The van der Waals surface area contributed by atoms with Crippen LogP contribution in [0.5, 0.6) is 0 Å². The number of sulfonamides is 1. The lowest BCUT2D eigenvalue weighted by molar-refractivity contribution is -0.124. The van der Waals surface area contributed by atoms with Gasteiger partial charge in [0.25, 0.3) is 0 Å². The predicted octanol–water partition coefficient (Wildman–Crippen LogP) is 0.758. The first-order valence-corrected chi connectivity index (χ1v) is 13.3. The minimum Gasteiger partial charge on any atom is -0.351 e. The van der Waals surface area contributed by atoms with E-state index >= 15 is 0 Å². The van der Waals surface area contributed by atoms with Crippen LogP contribution in [0.3, 0.4) is 0 Å². The van der Waals surface area contributed by atoms with Gasteiger partial charge < -0.3 is 22.1 Å². The zero-order valence-corrected chi connectivity index (χ0v) is 20.1. The second kappa shape index (κ2) is 11.4. The van der Waals surface area contributed by atoms with Gasteiger partial charge in [-0.1, -0.05) is 43.4 Å². The van der Waals surface area contributed by atoms with Crippen molar-refractivity contribution in [2.75, 3.05) is 13.1 Å². The van der Waals surface area contributed by atoms with E-state index in [0.717, 1.165) is 61.2 Å². The summed E-state index contributed by atoms with van der Waals surface area (Å²) < 4.78 is 27.6. The van der Waals surface area contributed by atoms with Crippen molar-refractivity contribution in [1.29, 1.82) is 0 Å². The summed E-state index contributed by atoms with van der Waals surface area (Å²) in [7, 11) is -4.07. The van der Waals surface area contributed by atoms with Crippen molar-refractivity contribution in [2.24, 2.45) is 11.5 Å². The van der Waals surface area contributed by atoms with Crippen molar-refractivity contribution >= 4 is 21.8 Å². The van der Waals surface area contributed by atoms with Crippen LogP contribution in [0.4, 0.5) is 0 Å². The number of amides is 2. The maximum Gasteiger partial charge on any atom is 0.244 e. The molecular formula is C23H37N5O4S. The second-order valence-corrected chi connectivity index (χ2v) is 11.3. The Hall–Kier alpha value is -2.01. The third-order valence-electron chi connectivity index (χ3n) is 6.63. The van der Waals surface area contributed by atoms with Gasteiger partial charge in [-0.3, -0.25) is 9.59 Å². The van der Waals surface area contributed by atoms with Gasteiger partial charge in [0.05, 0.1) is 18.0 Å². The first-order valence-electron chi connectivity index (χ1n) is 11.8. The number of carbonyl (C=O) groups is 2. The molecule has 10 heteroatoms. The Morgan fingerprint density at radius 1 is 0.848 bits per heavy atom. The van der Waals surface area contributed by atoms with Gasteiger partial charge in [-0.25, -0.2) is 8.42 Å². The van der Waals surface area contributed by atoms with Crippen molar-refractivity contribution in [3.05, 3.63) is 29.8 Å². The van der Waals surface area contributed by atoms with Crippen LogP contribution in [0.1, 0.15) is 56.9 Å². The van der Waals surface area contributed by atoms with Crippen molar-refractivity contribution < 1.29 is 18.0 Å². The number of carbonyl (C=O) groups excluding carboxylic acids is 2. The molecule has 3 rings (SSSR count). The van der Waals surface area contributed by atoms with Crippen LogP contribution in [-0.4, -0.2) is 61.8 Å². The molecule has 1 aromatic rings. The quantitative estimate of drug-likeness (QED) is 0.433. The van der Waals surface area contributed by atoms with E-state index < -0.39 is 34.9 Å². The molecule has 2 amide bonds. The number of hydrogen-bond donors (Lipinski definition) is 4. The molecule has 4 unspecified atom stereocenters. The van der Waals surface area contributed by atoms with E-state index in [1.54, 1.807) is 12.1 Å². The lowest BCUT2D eigenvalue weighted by atomic mass is 9.91. The van der Waals surface area contributed by atoms with Crippen molar-refractivity contribution in [2.45, 2.75) is 87.4 Å². The van der Waals surface area contributed by atoms with Gasteiger partial charge in [-0.15, -0.1) is 0 Å². The molecule has 6 N–H and O–H groups in total. The Morgan fingerprint density at radius 2 is 1.27 bits per heavy atom. The zero-order valence-electron chi connectivity index (χ0n) is 19.3. The summed E-state index contributed by atoms with van der Waals surface area (Å²) in [4.78, 5) is 25.6. The molecule has 2 saturated carbocycles. The van der Waals surface area contributed by atoms with Gasteiger partial charge in [0, 0.05) is 24.2 Å². The molecule has 33 heavy (non-hydrogen) atoms. The molecule has 9 nitrogen and oxygen atoms in total. The Bertz CT molecular complexity index is 883. The maximum atomic E-state index is 13.3. The van der Waals surface area contributed by atoms with E-state index in [-0.39, 0.29) is 29.1 Å². The Kier molecular flexibility index (Phi) is 8.86. The fourth-order valence-corrected chi connectivity index (χ4v) is 5.94. The molecule has 0 bridgehead atoms. The van der Waals surface area contributed by atoms with Crippen LogP contribution in [0.25, 0.3) is 0 Å². The van der Waals surface area contributed by atoms with Crippen molar-refractivity contribution in [1.82, 2.24) is 14.9 Å². The van der Waals surface area contributed by atoms with E-state index in [0.29, 0.717) is 0 Å². The number of nitrogens with zero attached hydrogens (tertiary/aromatic N) is 1. The molecule has 0 heterocycles. The van der Waals surface area contributed by atoms with Gasteiger partial charge in [0.2, 0.25) is 21.8 Å². The third kappa shape index (κ3) is 6.99. The fourth-order valence-electron chi connectivity index (χ4n) is 4.59. The molecule has 0 aliphatic heterocycles. The summed E-state index contributed by atoms with van der Waals surface area (Å²) in [6.45, 7) is 0.947. The molecule has 0 saturated heterocycles. The normalized spacial score (nSPS) is 26.1. The lowest BCUT2D eigenvalue weighted by Crippen LogP contribution is -2.54. The van der Waals surface area contributed by atoms with Crippen LogP contribution in [0.2, 0.25) is 0 Å².